The molecule has 0 atom stereocenters. The van der Waals surface area contributed by atoms with Gasteiger partial charge in [-0.25, -0.2) is 4.68 Å². The van der Waals surface area contributed by atoms with Crippen molar-refractivity contribution in [3.8, 4) is 28.4 Å². The number of aromatic nitrogens is 3. The van der Waals surface area contributed by atoms with Crippen molar-refractivity contribution in [2.24, 2.45) is 0 Å². The third kappa shape index (κ3) is 2.78. The number of hydrogen-bond donors (Lipinski definition) is 0. The van der Waals surface area contributed by atoms with Gasteiger partial charge in [0.25, 0.3) is 0 Å². The first kappa shape index (κ1) is 14.8. The molecule has 1 aromatic heterocycles. The van der Waals surface area contributed by atoms with Gasteiger partial charge in [0.2, 0.25) is 0 Å². The predicted octanol–water partition coefficient (Wildman–Crippen LogP) is 3.56. The van der Waals surface area contributed by atoms with Gasteiger partial charge in [-0.05, 0) is 40.8 Å². The Morgan fingerprint density at radius 2 is 1.86 bits per heavy atom. The summed E-state index contributed by atoms with van der Waals surface area (Å²) in [4.78, 5) is 0. The molecule has 0 spiro atoms. The summed E-state index contributed by atoms with van der Waals surface area (Å²) in [6.07, 6.45) is 1.89. The molecule has 3 aromatic rings. The largest absolute Gasteiger partial charge is 0.497 e. The summed E-state index contributed by atoms with van der Waals surface area (Å²) >= 11 is 2.29. The van der Waals surface area contributed by atoms with Crippen molar-refractivity contribution < 1.29 is 9.47 Å². The van der Waals surface area contributed by atoms with Crippen molar-refractivity contribution in [2.45, 2.75) is 0 Å². The normalized spacial score (nSPS) is 10.5. The van der Waals surface area contributed by atoms with E-state index in [0.29, 0.717) is 5.75 Å². The third-order valence-corrected chi connectivity index (χ3v) is 4.22. The average Bonchev–Trinajstić information content (AvgIpc) is 3.04. The monoisotopic (exact) mass is 407 g/mol. The first-order chi connectivity index (χ1) is 10.7. The highest BCUT2D eigenvalue weighted by molar-refractivity contribution is 14.1. The summed E-state index contributed by atoms with van der Waals surface area (Å²) in [5.41, 5.74) is 2.69. The second-order valence-corrected chi connectivity index (χ2v) is 5.73. The molecule has 1 heterocycles. The van der Waals surface area contributed by atoms with Crippen LogP contribution in [0.1, 0.15) is 0 Å². The fraction of sp³-hybridized carbons (Fsp3) is 0.125. The van der Waals surface area contributed by atoms with Crippen LogP contribution in [0.15, 0.2) is 48.7 Å². The summed E-state index contributed by atoms with van der Waals surface area (Å²) in [6, 6.07) is 13.7. The van der Waals surface area contributed by atoms with Crippen LogP contribution in [-0.2, 0) is 0 Å². The lowest BCUT2D eigenvalue weighted by molar-refractivity contribution is 0.392. The van der Waals surface area contributed by atoms with Crippen LogP contribution < -0.4 is 9.47 Å². The van der Waals surface area contributed by atoms with Crippen LogP contribution in [0.5, 0.6) is 11.5 Å². The standard InChI is InChI=1S/C16H14IN3O2/c1-21-11-7-8-15(16(9-11)22-2)20-10-14(18-19-20)12-5-3-4-6-13(12)17/h3-10H,1-2H3. The first-order valence-electron chi connectivity index (χ1n) is 6.62. The van der Waals surface area contributed by atoms with Gasteiger partial charge in [-0.2, -0.15) is 0 Å². The van der Waals surface area contributed by atoms with E-state index in [1.54, 1.807) is 18.9 Å². The lowest BCUT2D eigenvalue weighted by Crippen LogP contribution is -1.99. The summed E-state index contributed by atoms with van der Waals surface area (Å²) in [5, 5.41) is 8.47. The Hall–Kier alpha value is -2.09. The minimum atomic E-state index is 0.679. The van der Waals surface area contributed by atoms with Crippen molar-refractivity contribution in [1.29, 1.82) is 0 Å². The Morgan fingerprint density at radius 3 is 2.59 bits per heavy atom. The summed E-state index contributed by atoms with van der Waals surface area (Å²) < 4.78 is 13.5. The lowest BCUT2D eigenvalue weighted by Gasteiger charge is -2.09. The Labute approximate surface area is 142 Å². The maximum absolute atomic E-state index is 5.41. The number of halogens is 1. The molecule has 0 unspecified atom stereocenters. The fourth-order valence-corrected chi connectivity index (χ4v) is 2.81. The first-order valence-corrected chi connectivity index (χ1v) is 7.70. The van der Waals surface area contributed by atoms with Gasteiger partial charge in [0, 0.05) is 15.2 Å². The zero-order valence-electron chi connectivity index (χ0n) is 12.2. The molecule has 2 aromatic carbocycles. The molecule has 0 saturated heterocycles. The zero-order chi connectivity index (χ0) is 15.5. The minimum absolute atomic E-state index is 0.679. The number of benzene rings is 2. The molecule has 0 aliphatic rings. The van der Waals surface area contributed by atoms with Gasteiger partial charge in [0.1, 0.15) is 22.9 Å². The summed E-state index contributed by atoms with van der Waals surface area (Å²) in [5.74, 6) is 1.41. The van der Waals surface area contributed by atoms with E-state index in [1.165, 1.54) is 0 Å². The van der Waals surface area contributed by atoms with Crippen LogP contribution in [0.2, 0.25) is 0 Å². The van der Waals surface area contributed by atoms with Crippen LogP contribution in [0.4, 0.5) is 0 Å². The molecule has 0 radical (unpaired) electrons. The van der Waals surface area contributed by atoms with Gasteiger partial charge < -0.3 is 9.47 Å². The number of hydrogen-bond acceptors (Lipinski definition) is 4. The maximum Gasteiger partial charge on any atom is 0.148 e. The Balaban J connectivity index is 2.03. The molecule has 0 fully saturated rings. The number of methoxy groups -OCH3 is 2. The number of rotatable bonds is 4. The van der Waals surface area contributed by atoms with Crippen molar-refractivity contribution in [2.75, 3.05) is 14.2 Å². The van der Waals surface area contributed by atoms with E-state index >= 15 is 0 Å². The zero-order valence-corrected chi connectivity index (χ0v) is 14.3. The highest BCUT2D eigenvalue weighted by Gasteiger charge is 2.12. The molecule has 0 N–H and O–H groups in total. The van der Waals surface area contributed by atoms with Gasteiger partial charge >= 0.3 is 0 Å². The Bertz CT molecular complexity index is 802. The molecule has 0 saturated carbocycles. The lowest BCUT2D eigenvalue weighted by atomic mass is 10.2. The van der Waals surface area contributed by atoms with E-state index in [-0.39, 0.29) is 0 Å². The van der Waals surface area contributed by atoms with E-state index in [9.17, 15) is 0 Å². The molecule has 3 rings (SSSR count). The molecule has 0 aliphatic carbocycles. The molecule has 22 heavy (non-hydrogen) atoms. The van der Waals surface area contributed by atoms with E-state index in [1.807, 2.05) is 48.7 Å². The van der Waals surface area contributed by atoms with E-state index in [2.05, 4.69) is 32.9 Å². The highest BCUT2D eigenvalue weighted by atomic mass is 127. The van der Waals surface area contributed by atoms with E-state index in [0.717, 1.165) is 26.3 Å². The van der Waals surface area contributed by atoms with Gasteiger partial charge in [0.15, 0.2) is 0 Å². The van der Waals surface area contributed by atoms with Crippen LogP contribution in [-0.4, -0.2) is 29.2 Å². The molecule has 112 valence electrons. The molecule has 0 aliphatic heterocycles. The predicted molar refractivity (Wildman–Crippen MR) is 92.6 cm³/mol. The molecular weight excluding hydrogens is 393 g/mol. The second kappa shape index (κ2) is 6.35. The van der Waals surface area contributed by atoms with Gasteiger partial charge in [-0.15, -0.1) is 5.10 Å². The molecule has 5 nitrogen and oxygen atoms in total. The smallest absolute Gasteiger partial charge is 0.148 e. The van der Waals surface area contributed by atoms with Crippen molar-refractivity contribution >= 4 is 22.6 Å². The third-order valence-electron chi connectivity index (χ3n) is 3.28. The maximum atomic E-state index is 5.41. The fourth-order valence-electron chi connectivity index (χ4n) is 2.15. The quantitative estimate of drug-likeness (QED) is 0.621. The van der Waals surface area contributed by atoms with Gasteiger partial charge in [0.05, 0.1) is 20.4 Å². The summed E-state index contributed by atoms with van der Waals surface area (Å²) in [6.45, 7) is 0. The summed E-state index contributed by atoms with van der Waals surface area (Å²) in [7, 11) is 3.25. The van der Waals surface area contributed by atoms with E-state index < -0.39 is 0 Å². The van der Waals surface area contributed by atoms with Crippen molar-refractivity contribution in [3.63, 3.8) is 0 Å². The molecule has 0 amide bonds. The topological polar surface area (TPSA) is 49.2 Å². The molecule has 6 heteroatoms. The van der Waals surface area contributed by atoms with Gasteiger partial charge in [-0.1, -0.05) is 23.4 Å². The van der Waals surface area contributed by atoms with E-state index in [4.69, 9.17) is 9.47 Å². The van der Waals surface area contributed by atoms with Crippen LogP contribution >= 0.6 is 22.6 Å². The second-order valence-electron chi connectivity index (χ2n) is 4.57. The Morgan fingerprint density at radius 1 is 1.05 bits per heavy atom. The van der Waals surface area contributed by atoms with Gasteiger partial charge in [-0.3, -0.25) is 0 Å². The number of nitrogens with zero attached hydrogens (tertiary/aromatic N) is 3. The van der Waals surface area contributed by atoms with Crippen LogP contribution in [0.3, 0.4) is 0 Å². The van der Waals surface area contributed by atoms with Crippen LogP contribution in [0.25, 0.3) is 16.9 Å². The number of ether oxygens (including phenoxy) is 2. The minimum Gasteiger partial charge on any atom is -0.497 e. The Kier molecular flexibility index (Phi) is 4.28. The van der Waals surface area contributed by atoms with Crippen LogP contribution in [0, 0.1) is 3.57 Å². The SMILES string of the molecule is COc1ccc(-n2cc(-c3ccccc3I)nn2)c(OC)c1. The molecular formula is C16H14IN3O2. The highest BCUT2D eigenvalue weighted by Crippen LogP contribution is 2.29. The van der Waals surface area contributed by atoms with Crippen molar-refractivity contribution in [3.05, 3.63) is 52.2 Å². The van der Waals surface area contributed by atoms with Crippen molar-refractivity contribution in [1.82, 2.24) is 15.0 Å². The average molecular weight is 407 g/mol. The molecule has 0 bridgehead atoms.